The molecule has 4 unspecified atom stereocenters. The molecule has 1 aliphatic carbocycles. The van der Waals surface area contributed by atoms with Crippen LogP contribution in [-0.4, -0.2) is 18.2 Å². The van der Waals surface area contributed by atoms with Crippen LogP contribution in [0.3, 0.4) is 0 Å². The van der Waals surface area contributed by atoms with Crippen LogP contribution in [-0.2, 0) is 4.74 Å². The number of ether oxygens (including phenoxy) is 1. The van der Waals surface area contributed by atoms with Gasteiger partial charge in [0.2, 0.25) is 0 Å². The highest BCUT2D eigenvalue weighted by Crippen LogP contribution is 2.33. The van der Waals surface area contributed by atoms with Crippen molar-refractivity contribution < 1.29 is 4.74 Å². The second kappa shape index (κ2) is 6.19. The van der Waals surface area contributed by atoms with Gasteiger partial charge in [0.05, 0.1) is 12.2 Å². The fourth-order valence-electron chi connectivity index (χ4n) is 2.83. The van der Waals surface area contributed by atoms with Gasteiger partial charge in [-0.3, -0.25) is 0 Å². The minimum atomic E-state index is 0.132. The van der Waals surface area contributed by atoms with Crippen LogP contribution in [0, 0.1) is 11.3 Å². The fraction of sp³-hybridized carbons (Fsp3) is 1.00. The molecule has 0 spiro atoms. The maximum atomic E-state index is 6.40. The van der Waals surface area contributed by atoms with Crippen LogP contribution in [0.2, 0.25) is 0 Å². The van der Waals surface area contributed by atoms with Crippen LogP contribution in [0.5, 0.6) is 0 Å². The Kier molecular flexibility index (Phi) is 5.46. The molecule has 4 atom stereocenters. The number of hydrogen-bond donors (Lipinski definition) is 1. The molecule has 2 N–H and O–H groups in total. The molecule has 2 heteroatoms. The van der Waals surface area contributed by atoms with E-state index in [1.807, 2.05) is 0 Å². The van der Waals surface area contributed by atoms with Crippen molar-refractivity contribution in [1.82, 2.24) is 0 Å². The summed E-state index contributed by atoms with van der Waals surface area (Å²) in [7, 11) is 0. The predicted octanol–water partition coefficient (Wildman–Crippen LogP) is 3.73. The first-order chi connectivity index (χ1) is 7.86. The van der Waals surface area contributed by atoms with Gasteiger partial charge < -0.3 is 10.5 Å². The second-order valence-electron chi connectivity index (χ2n) is 6.80. The summed E-state index contributed by atoms with van der Waals surface area (Å²) in [5.41, 5.74) is 6.37. The van der Waals surface area contributed by atoms with Crippen LogP contribution in [0.15, 0.2) is 0 Å². The fourth-order valence-corrected chi connectivity index (χ4v) is 2.83. The molecule has 102 valence electrons. The molecule has 0 aliphatic heterocycles. The van der Waals surface area contributed by atoms with Gasteiger partial charge in [0.15, 0.2) is 0 Å². The van der Waals surface area contributed by atoms with Gasteiger partial charge in [0.1, 0.15) is 0 Å². The third-order valence-corrected chi connectivity index (χ3v) is 4.07. The molecule has 0 bridgehead atoms. The van der Waals surface area contributed by atoms with Crippen molar-refractivity contribution in [2.45, 2.75) is 85.0 Å². The van der Waals surface area contributed by atoms with Crippen molar-refractivity contribution in [3.63, 3.8) is 0 Å². The zero-order valence-electron chi connectivity index (χ0n) is 12.3. The lowest BCUT2D eigenvalue weighted by Gasteiger charge is -2.40. The smallest absolute Gasteiger partial charge is 0.0777 e. The highest BCUT2D eigenvalue weighted by Gasteiger charge is 2.34. The highest BCUT2D eigenvalue weighted by molar-refractivity contribution is 4.86. The molecule has 1 rings (SSSR count). The van der Waals surface area contributed by atoms with Crippen molar-refractivity contribution in [2.24, 2.45) is 17.1 Å². The van der Waals surface area contributed by atoms with E-state index >= 15 is 0 Å². The van der Waals surface area contributed by atoms with Gasteiger partial charge in [0.25, 0.3) is 0 Å². The van der Waals surface area contributed by atoms with Crippen LogP contribution in [0.25, 0.3) is 0 Å². The lowest BCUT2D eigenvalue weighted by molar-refractivity contribution is -0.108. The molecule has 0 aromatic rings. The van der Waals surface area contributed by atoms with Gasteiger partial charge >= 0.3 is 0 Å². The van der Waals surface area contributed by atoms with E-state index < -0.39 is 0 Å². The van der Waals surface area contributed by atoms with E-state index in [1.165, 1.54) is 25.7 Å². The summed E-state index contributed by atoms with van der Waals surface area (Å²) < 4.78 is 6.40. The van der Waals surface area contributed by atoms with Gasteiger partial charge in [-0.15, -0.1) is 0 Å². The Hall–Kier alpha value is -0.0800. The van der Waals surface area contributed by atoms with Gasteiger partial charge in [0, 0.05) is 6.04 Å². The third kappa shape index (κ3) is 4.26. The molecule has 2 nitrogen and oxygen atoms in total. The van der Waals surface area contributed by atoms with Crippen molar-refractivity contribution in [3.05, 3.63) is 0 Å². The average Bonchev–Trinajstić information content (AvgIpc) is 2.25. The van der Waals surface area contributed by atoms with Crippen molar-refractivity contribution in [2.75, 3.05) is 0 Å². The van der Waals surface area contributed by atoms with Crippen LogP contribution < -0.4 is 5.73 Å². The average molecular weight is 241 g/mol. The Labute approximate surface area is 107 Å². The topological polar surface area (TPSA) is 35.2 Å². The summed E-state index contributed by atoms with van der Waals surface area (Å²) in [5, 5.41) is 0. The lowest BCUT2D eigenvalue weighted by Crippen LogP contribution is -2.48. The SMILES string of the molecule is CCC(N)C(OC1CCCCC1C)C(C)(C)C. The Morgan fingerprint density at radius 3 is 2.29 bits per heavy atom. The van der Waals surface area contributed by atoms with E-state index in [1.54, 1.807) is 0 Å². The minimum Gasteiger partial charge on any atom is -0.373 e. The first-order valence-electron chi connectivity index (χ1n) is 7.27. The molecule has 0 saturated heterocycles. The van der Waals surface area contributed by atoms with E-state index in [2.05, 4.69) is 34.6 Å². The Morgan fingerprint density at radius 2 is 1.82 bits per heavy atom. The van der Waals surface area contributed by atoms with E-state index in [4.69, 9.17) is 10.5 Å². The molecule has 1 saturated carbocycles. The largest absolute Gasteiger partial charge is 0.373 e. The zero-order valence-corrected chi connectivity index (χ0v) is 12.3. The molecule has 0 radical (unpaired) electrons. The zero-order chi connectivity index (χ0) is 13.1. The quantitative estimate of drug-likeness (QED) is 0.814. The van der Waals surface area contributed by atoms with E-state index in [0.717, 1.165) is 6.42 Å². The first kappa shape index (κ1) is 15.0. The van der Waals surface area contributed by atoms with Gasteiger partial charge in [-0.1, -0.05) is 47.5 Å². The summed E-state index contributed by atoms with van der Waals surface area (Å²) >= 11 is 0. The van der Waals surface area contributed by atoms with Crippen molar-refractivity contribution >= 4 is 0 Å². The molecular formula is C15H31NO. The highest BCUT2D eigenvalue weighted by atomic mass is 16.5. The number of hydrogen-bond acceptors (Lipinski definition) is 2. The second-order valence-corrected chi connectivity index (χ2v) is 6.80. The van der Waals surface area contributed by atoms with Gasteiger partial charge in [-0.05, 0) is 30.6 Å². The molecule has 0 heterocycles. The minimum absolute atomic E-state index is 0.132. The van der Waals surface area contributed by atoms with Gasteiger partial charge in [-0.2, -0.15) is 0 Å². The summed E-state index contributed by atoms with van der Waals surface area (Å²) in [6, 6.07) is 0.157. The van der Waals surface area contributed by atoms with Crippen LogP contribution >= 0.6 is 0 Å². The van der Waals surface area contributed by atoms with Crippen LogP contribution in [0.1, 0.15) is 66.7 Å². The van der Waals surface area contributed by atoms with Crippen LogP contribution in [0.4, 0.5) is 0 Å². The number of rotatable bonds is 4. The monoisotopic (exact) mass is 241 g/mol. The van der Waals surface area contributed by atoms with E-state index in [9.17, 15) is 0 Å². The molecule has 0 amide bonds. The maximum absolute atomic E-state index is 6.40. The predicted molar refractivity (Wildman–Crippen MR) is 74.0 cm³/mol. The Balaban J connectivity index is 2.65. The van der Waals surface area contributed by atoms with Crippen molar-refractivity contribution in [3.8, 4) is 0 Å². The molecular weight excluding hydrogens is 210 g/mol. The van der Waals surface area contributed by atoms with Gasteiger partial charge in [-0.25, -0.2) is 0 Å². The lowest BCUT2D eigenvalue weighted by atomic mass is 9.82. The first-order valence-corrected chi connectivity index (χ1v) is 7.27. The van der Waals surface area contributed by atoms with E-state index in [0.29, 0.717) is 12.0 Å². The Bertz CT molecular complexity index is 221. The normalized spacial score (nSPS) is 30.0. The standard InChI is InChI=1S/C15H31NO/c1-6-12(16)14(15(3,4)5)17-13-10-8-7-9-11(13)2/h11-14H,6-10,16H2,1-5H3. The summed E-state index contributed by atoms with van der Waals surface area (Å²) in [4.78, 5) is 0. The third-order valence-electron chi connectivity index (χ3n) is 4.07. The number of nitrogens with two attached hydrogens (primary N) is 1. The molecule has 0 aromatic heterocycles. The molecule has 1 aliphatic rings. The summed E-state index contributed by atoms with van der Waals surface area (Å²) in [6.45, 7) is 11.2. The van der Waals surface area contributed by atoms with Crippen molar-refractivity contribution in [1.29, 1.82) is 0 Å². The summed E-state index contributed by atoms with van der Waals surface area (Å²) in [5.74, 6) is 0.692. The summed E-state index contributed by atoms with van der Waals surface area (Å²) in [6.07, 6.45) is 6.79. The molecule has 0 aromatic carbocycles. The van der Waals surface area contributed by atoms with E-state index in [-0.39, 0.29) is 17.6 Å². The molecule has 1 fully saturated rings. The molecule has 17 heavy (non-hydrogen) atoms. The maximum Gasteiger partial charge on any atom is 0.0777 e. The Morgan fingerprint density at radius 1 is 1.24 bits per heavy atom.